The predicted octanol–water partition coefficient (Wildman–Crippen LogP) is 0.301. The molecule has 1 fully saturated rings. The van der Waals surface area contributed by atoms with Crippen LogP contribution in [-0.2, 0) is 13.1 Å². The summed E-state index contributed by atoms with van der Waals surface area (Å²) in [6.07, 6.45) is 4.63. The van der Waals surface area contributed by atoms with Gasteiger partial charge in [-0.3, -0.25) is 0 Å². The smallest absolute Gasteiger partial charge is 0.146 e. The molecule has 2 rings (SSSR count). The molecule has 1 aliphatic carbocycles. The Morgan fingerprint density at radius 1 is 1.60 bits per heavy atom. The third-order valence-corrected chi connectivity index (χ3v) is 3.04. The molecule has 1 aliphatic rings. The van der Waals surface area contributed by atoms with Crippen molar-refractivity contribution in [2.45, 2.75) is 51.4 Å². The lowest BCUT2D eigenvalue weighted by molar-refractivity contribution is 0.148. The van der Waals surface area contributed by atoms with Gasteiger partial charge in [0.2, 0.25) is 0 Å². The topological polar surface area (TPSA) is 63.0 Å². The Balaban J connectivity index is 1.87. The van der Waals surface area contributed by atoms with E-state index in [1.165, 1.54) is 0 Å². The second kappa shape index (κ2) is 4.72. The molecular formula is C10H18N4O. The van der Waals surface area contributed by atoms with Crippen LogP contribution < -0.4 is 5.32 Å². The summed E-state index contributed by atoms with van der Waals surface area (Å²) in [4.78, 5) is 0. The molecule has 0 aromatic carbocycles. The van der Waals surface area contributed by atoms with Crippen LogP contribution in [0.15, 0.2) is 6.33 Å². The Kier molecular flexibility index (Phi) is 3.33. The Morgan fingerprint density at radius 3 is 3.13 bits per heavy atom. The van der Waals surface area contributed by atoms with Crippen LogP contribution in [0.1, 0.15) is 32.0 Å². The minimum Gasteiger partial charge on any atom is -0.392 e. The SMILES string of the molecule is CCn1cnnc1CN[C@@H]1CCC[C@H]1O. The normalized spacial score (nSPS) is 26.0. The molecule has 0 aliphatic heterocycles. The fourth-order valence-electron chi connectivity index (χ4n) is 2.08. The summed E-state index contributed by atoms with van der Waals surface area (Å²) in [5, 5.41) is 20.9. The summed E-state index contributed by atoms with van der Waals surface area (Å²) >= 11 is 0. The van der Waals surface area contributed by atoms with Gasteiger partial charge in [-0.2, -0.15) is 0 Å². The van der Waals surface area contributed by atoms with Gasteiger partial charge in [-0.15, -0.1) is 10.2 Å². The van der Waals surface area contributed by atoms with Gasteiger partial charge in [0.05, 0.1) is 12.6 Å². The average Bonchev–Trinajstić information content (AvgIpc) is 2.83. The standard InChI is InChI=1S/C10H18N4O/c1-2-14-7-12-13-10(14)6-11-8-4-3-5-9(8)15/h7-9,11,15H,2-6H2,1H3/t8-,9-/m1/s1. The summed E-state index contributed by atoms with van der Waals surface area (Å²) in [6.45, 7) is 3.64. The minimum absolute atomic E-state index is 0.192. The zero-order valence-electron chi connectivity index (χ0n) is 9.06. The van der Waals surface area contributed by atoms with E-state index in [1.54, 1.807) is 6.33 Å². The number of rotatable bonds is 4. The second-order valence-electron chi connectivity index (χ2n) is 4.02. The average molecular weight is 210 g/mol. The molecule has 0 unspecified atom stereocenters. The van der Waals surface area contributed by atoms with Crippen LogP contribution >= 0.6 is 0 Å². The lowest BCUT2D eigenvalue weighted by Gasteiger charge is -2.15. The Labute approximate surface area is 89.5 Å². The second-order valence-corrected chi connectivity index (χ2v) is 4.02. The molecule has 5 heteroatoms. The van der Waals surface area contributed by atoms with Crippen LogP contribution in [0.3, 0.4) is 0 Å². The summed E-state index contributed by atoms with van der Waals surface area (Å²) in [6, 6.07) is 0.229. The van der Waals surface area contributed by atoms with E-state index in [4.69, 9.17) is 0 Å². The van der Waals surface area contributed by atoms with Crippen molar-refractivity contribution >= 4 is 0 Å². The van der Waals surface area contributed by atoms with Gasteiger partial charge in [0.15, 0.2) is 0 Å². The molecule has 5 nitrogen and oxygen atoms in total. The number of nitrogens with one attached hydrogen (secondary N) is 1. The highest BCUT2D eigenvalue weighted by molar-refractivity contribution is 4.89. The van der Waals surface area contributed by atoms with E-state index < -0.39 is 0 Å². The zero-order chi connectivity index (χ0) is 10.7. The molecular weight excluding hydrogens is 192 g/mol. The van der Waals surface area contributed by atoms with E-state index in [0.717, 1.165) is 31.6 Å². The molecule has 0 amide bonds. The van der Waals surface area contributed by atoms with E-state index in [0.29, 0.717) is 6.54 Å². The largest absolute Gasteiger partial charge is 0.392 e. The van der Waals surface area contributed by atoms with E-state index in [1.807, 2.05) is 4.57 Å². The lowest BCUT2D eigenvalue weighted by Crippen LogP contribution is -2.35. The first-order valence-electron chi connectivity index (χ1n) is 5.59. The van der Waals surface area contributed by atoms with Crippen LogP contribution in [0, 0.1) is 0 Å². The van der Waals surface area contributed by atoms with Crippen molar-refractivity contribution < 1.29 is 5.11 Å². The van der Waals surface area contributed by atoms with Crippen LogP contribution in [0.25, 0.3) is 0 Å². The maximum Gasteiger partial charge on any atom is 0.146 e. The fraction of sp³-hybridized carbons (Fsp3) is 0.800. The van der Waals surface area contributed by atoms with Gasteiger partial charge in [-0.25, -0.2) is 0 Å². The molecule has 1 saturated carbocycles. The fourth-order valence-corrected chi connectivity index (χ4v) is 2.08. The number of hydrogen-bond donors (Lipinski definition) is 2. The van der Waals surface area contributed by atoms with E-state index >= 15 is 0 Å². The summed E-state index contributed by atoms with van der Waals surface area (Å²) in [5.41, 5.74) is 0. The van der Waals surface area contributed by atoms with Crippen LogP contribution in [-0.4, -0.2) is 32.0 Å². The molecule has 0 saturated heterocycles. The quantitative estimate of drug-likeness (QED) is 0.750. The highest BCUT2D eigenvalue weighted by atomic mass is 16.3. The first-order chi connectivity index (χ1) is 7.31. The Hall–Kier alpha value is -0.940. The van der Waals surface area contributed by atoms with Gasteiger partial charge in [-0.1, -0.05) is 0 Å². The van der Waals surface area contributed by atoms with E-state index in [-0.39, 0.29) is 12.1 Å². The van der Waals surface area contributed by atoms with Crippen molar-refractivity contribution in [1.29, 1.82) is 0 Å². The summed E-state index contributed by atoms with van der Waals surface area (Å²) in [5.74, 6) is 0.941. The molecule has 15 heavy (non-hydrogen) atoms. The molecule has 1 aromatic heterocycles. The van der Waals surface area contributed by atoms with Gasteiger partial charge >= 0.3 is 0 Å². The van der Waals surface area contributed by atoms with Crippen molar-refractivity contribution in [2.75, 3.05) is 0 Å². The number of aliphatic hydroxyl groups excluding tert-OH is 1. The first kappa shape index (κ1) is 10.6. The number of aliphatic hydroxyl groups is 1. The van der Waals surface area contributed by atoms with E-state index in [9.17, 15) is 5.11 Å². The molecule has 2 N–H and O–H groups in total. The first-order valence-corrected chi connectivity index (χ1v) is 5.59. The minimum atomic E-state index is -0.192. The highest BCUT2D eigenvalue weighted by Gasteiger charge is 2.24. The molecule has 0 bridgehead atoms. The van der Waals surface area contributed by atoms with Gasteiger partial charge in [0.1, 0.15) is 12.2 Å². The third kappa shape index (κ3) is 2.35. The zero-order valence-corrected chi connectivity index (χ0v) is 9.06. The number of aromatic nitrogens is 3. The molecule has 0 spiro atoms. The molecule has 1 heterocycles. The molecule has 0 radical (unpaired) electrons. The highest BCUT2D eigenvalue weighted by Crippen LogP contribution is 2.18. The van der Waals surface area contributed by atoms with Gasteiger partial charge in [-0.05, 0) is 26.2 Å². The van der Waals surface area contributed by atoms with E-state index in [2.05, 4.69) is 22.4 Å². The van der Waals surface area contributed by atoms with Crippen LogP contribution in [0.2, 0.25) is 0 Å². The van der Waals surface area contributed by atoms with Gasteiger partial charge in [0.25, 0.3) is 0 Å². The number of nitrogens with zero attached hydrogens (tertiary/aromatic N) is 3. The lowest BCUT2D eigenvalue weighted by atomic mass is 10.2. The maximum atomic E-state index is 9.64. The summed E-state index contributed by atoms with van der Waals surface area (Å²) < 4.78 is 2.01. The predicted molar refractivity (Wildman–Crippen MR) is 56.2 cm³/mol. The van der Waals surface area contributed by atoms with Crippen molar-refractivity contribution in [2.24, 2.45) is 0 Å². The molecule has 84 valence electrons. The van der Waals surface area contributed by atoms with Crippen LogP contribution in [0.4, 0.5) is 0 Å². The summed E-state index contributed by atoms with van der Waals surface area (Å²) in [7, 11) is 0. The van der Waals surface area contributed by atoms with Crippen molar-refractivity contribution in [1.82, 2.24) is 20.1 Å². The third-order valence-electron chi connectivity index (χ3n) is 3.04. The molecule has 1 aromatic rings. The monoisotopic (exact) mass is 210 g/mol. The van der Waals surface area contributed by atoms with Crippen molar-refractivity contribution in [3.8, 4) is 0 Å². The molecule has 2 atom stereocenters. The maximum absolute atomic E-state index is 9.64. The van der Waals surface area contributed by atoms with Crippen molar-refractivity contribution in [3.63, 3.8) is 0 Å². The Bertz CT molecular complexity index is 312. The van der Waals surface area contributed by atoms with Crippen molar-refractivity contribution in [3.05, 3.63) is 12.2 Å². The Morgan fingerprint density at radius 2 is 2.47 bits per heavy atom. The number of hydrogen-bond acceptors (Lipinski definition) is 4. The van der Waals surface area contributed by atoms with Gasteiger partial charge < -0.3 is 15.0 Å². The van der Waals surface area contributed by atoms with Crippen LogP contribution in [0.5, 0.6) is 0 Å². The van der Waals surface area contributed by atoms with Gasteiger partial charge in [0, 0.05) is 12.6 Å². The number of aryl methyl sites for hydroxylation is 1.